The maximum Gasteiger partial charge on any atom is 0.260 e. The van der Waals surface area contributed by atoms with Gasteiger partial charge in [0.2, 0.25) is 0 Å². The molecule has 1 saturated heterocycles. The van der Waals surface area contributed by atoms with Crippen LogP contribution in [0.15, 0.2) is 35.1 Å². The Balaban J connectivity index is 2.00. The average molecular weight is 260 g/mol. The van der Waals surface area contributed by atoms with Crippen LogP contribution in [0.4, 0.5) is 5.82 Å². The molecule has 2 N–H and O–H groups in total. The zero-order valence-corrected chi connectivity index (χ0v) is 10.5. The van der Waals surface area contributed by atoms with Gasteiger partial charge in [0.05, 0.1) is 32.5 Å². The first-order valence-electron chi connectivity index (χ1n) is 6.33. The summed E-state index contributed by atoms with van der Waals surface area (Å²) in [5.41, 5.74) is 5.89. The summed E-state index contributed by atoms with van der Waals surface area (Å²) in [6, 6.07) is 9.26. The van der Waals surface area contributed by atoms with E-state index in [0.717, 1.165) is 5.39 Å². The van der Waals surface area contributed by atoms with Gasteiger partial charge in [0, 0.05) is 5.39 Å². The van der Waals surface area contributed by atoms with E-state index in [0.29, 0.717) is 37.6 Å². The van der Waals surface area contributed by atoms with Gasteiger partial charge in [-0.25, -0.2) is 0 Å². The van der Waals surface area contributed by atoms with E-state index in [1.165, 1.54) is 0 Å². The molecule has 100 valence electrons. The molecule has 3 rings (SSSR count). The molecule has 1 aliphatic heterocycles. The Morgan fingerprint density at radius 1 is 1.32 bits per heavy atom. The minimum atomic E-state index is -0.116. The fourth-order valence-electron chi connectivity index (χ4n) is 2.35. The van der Waals surface area contributed by atoms with Crippen molar-refractivity contribution in [3.05, 3.63) is 40.7 Å². The maximum absolute atomic E-state index is 12.4. The summed E-state index contributed by atoms with van der Waals surface area (Å²) < 4.78 is 12.5. The van der Waals surface area contributed by atoms with Gasteiger partial charge >= 0.3 is 0 Å². The van der Waals surface area contributed by atoms with Crippen molar-refractivity contribution in [2.45, 2.75) is 12.6 Å². The van der Waals surface area contributed by atoms with Gasteiger partial charge in [-0.3, -0.25) is 9.36 Å². The molecule has 0 radical (unpaired) electrons. The minimum Gasteiger partial charge on any atom is -0.385 e. The molecule has 1 aromatic carbocycles. The standard InChI is InChI=1S/C14H16N2O3/c15-13-7-10-3-1-2-4-12(10)14(17)16(13)8-11-9-18-5-6-19-11/h1-4,7,11H,5-6,8-9,15H2. The summed E-state index contributed by atoms with van der Waals surface area (Å²) in [6.07, 6.45) is -0.116. The molecule has 19 heavy (non-hydrogen) atoms. The molecular weight excluding hydrogens is 244 g/mol. The number of ether oxygens (including phenoxy) is 2. The monoisotopic (exact) mass is 260 g/mol. The van der Waals surface area contributed by atoms with Gasteiger partial charge in [-0.2, -0.15) is 0 Å². The first kappa shape index (κ1) is 12.2. The van der Waals surface area contributed by atoms with Crippen LogP contribution in [0.3, 0.4) is 0 Å². The Kier molecular flexibility index (Phi) is 3.23. The van der Waals surface area contributed by atoms with Crippen LogP contribution >= 0.6 is 0 Å². The van der Waals surface area contributed by atoms with Crippen molar-refractivity contribution >= 4 is 16.6 Å². The van der Waals surface area contributed by atoms with E-state index >= 15 is 0 Å². The number of nitrogens with two attached hydrogens (primary N) is 1. The molecule has 5 heteroatoms. The van der Waals surface area contributed by atoms with Crippen LogP contribution < -0.4 is 11.3 Å². The number of benzene rings is 1. The molecule has 0 spiro atoms. The highest BCUT2D eigenvalue weighted by atomic mass is 16.6. The summed E-state index contributed by atoms with van der Waals surface area (Å²) in [5.74, 6) is 0.456. The number of hydrogen-bond donors (Lipinski definition) is 1. The highest BCUT2D eigenvalue weighted by Gasteiger charge is 2.17. The number of aromatic nitrogens is 1. The number of hydrogen-bond acceptors (Lipinski definition) is 4. The highest BCUT2D eigenvalue weighted by Crippen LogP contribution is 2.14. The zero-order valence-electron chi connectivity index (χ0n) is 10.5. The SMILES string of the molecule is Nc1cc2ccccc2c(=O)n1CC1COCCO1. The minimum absolute atomic E-state index is 0.0789. The van der Waals surface area contributed by atoms with E-state index in [2.05, 4.69) is 0 Å². The zero-order chi connectivity index (χ0) is 13.2. The lowest BCUT2D eigenvalue weighted by molar-refractivity contribution is -0.0936. The molecule has 1 fully saturated rings. The third-order valence-electron chi connectivity index (χ3n) is 3.32. The van der Waals surface area contributed by atoms with Crippen molar-refractivity contribution in [3.63, 3.8) is 0 Å². The molecule has 1 unspecified atom stereocenters. The molecular formula is C14H16N2O3. The van der Waals surface area contributed by atoms with Crippen LogP contribution in [0.1, 0.15) is 0 Å². The quantitative estimate of drug-likeness (QED) is 0.874. The van der Waals surface area contributed by atoms with Gasteiger partial charge in [-0.15, -0.1) is 0 Å². The van der Waals surface area contributed by atoms with Gasteiger partial charge in [0.15, 0.2) is 0 Å². The second-order valence-electron chi connectivity index (χ2n) is 4.64. The van der Waals surface area contributed by atoms with Crippen LogP contribution in [0.5, 0.6) is 0 Å². The Hall–Kier alpha value is -1.85. The Bertz CT molecular complexity index is 645. The Labute approximate surface area is 110 Å². The molecule has 5 nitrogen and oxygen atoms in total. The van der Waals surface area contributed by atoms with Crippen LogP contribution in [-0.2, 0) is 16.0 Å². The largest absolute Gasteiger partial charge is 0.385 e. The summed E-state index contributed by atoms with van der Waals surface area (Å²) >= 11 is 0. The molecule has 0 bridgehead atoms. The van der Waals surface area contributed by atoms with Gasteiger partial charge in [-0.05, 0) is 17.5 Å². The molecule has 0 aliphatic carbocycles. The first-order chi connectivity index (χ1) is 9.25. The molecule has 1 atom stereocenters. The highest BCUT2D eigenvalue weighted by molar-refractivity contribution is 5.83. The lowest BCUT2D eigenvalue weighted by atomic mass is 10.1. The predicted molar refractivity (Wildman–Crippen MR) is 73.2 cm³/mol. The smallest absolute Gasteiger partial charge is 0.260 e. The normalized spacial score (nSPS) is 19.7. The summed E-state index contributed by atoms with van der Waals surface area (Å²) in [5, 5.41) is 1.54. The summed E-state index contributed by atoms with van der Waals surface area (Å²) in [6.45, 7) is 2.10. The molecule has 1 aromatic heterocycles. The molecule has 2 aromatic rings. The molecule has 1 aliphatic rings. The van der Waals surface area contributed by atoms with Gasteiger partial charge in [-0.1, -0.05) is 18.2 Å². The third kappa shape index (κ3) is 2.34. The van der Waals surface area contributed by atoms with Crippen molar-refractivity contribution in [1.29, 1.82) is 0 Å². The van der Waals surface area contributed by atoms with Crippen LogP contribution in [-0.4, -0.2) is 30.5 Å². The first-order valence-corrected chi connectivity index (χ1v) is 6.33. The van der Waals surface area contributed by atoms with E-state index in [1.807, 2.05) is 30.3 Å². The van der Waals surface area contributed by atoms with Gasteiger partial charge in [0.25, 0.3) is 5.56 Å². The third-order valence-corrected chi connectivity index (χ3v) is 3.32. The second kappa shape index (κ2) is 5.03. The lowest BCUT2D eigenvalue weighted by Gasteiger charge is -2.24. The number of nitrogens with zero attached hydrogens (tertiary/aromatic N) is 1. The molecule has 0 amide bonds. The number of pyridine rings is 1. The van der Waals surface area contributed by atoms with Crippen molar-refractivity contribution in [3.8, 4) is 0 Å². The summed E-state index contributed by atoms with van der Waals surface area (Å²) in [4.78, 5) is 12.4. The van der Waals surface area contributed by atoms with Crippen molar-refractivity contribution < 1.29 is 9.47 Å². The number of nitrogen functional groups attached to an aromatic ring is 1. The second-order valence-corrected chi connectivity index (χ2v) is 4.64. The van der Waals surface area contributed by atoms with Crippen LogP contribution in [0, 0.1) is 0 Å². The number of anilines is 1. The van der Waals surface area contributed by atoms with Crippen molar-refractivity contribution in [2.75, 3.05) is 25.6 Å². The molecule has 2 heterocycles. The lowest BCUT2D eigenvalue weighted by Crippen LogP contribution is -2.36. The van der Waals surface area contributed by atoms with E-state index in [4.69, 9.17) is 15.2 Å². The average Bonchev–Trinajstić information content (AvgIpc) is 2.45. The van der Waals surface area contributed by atoms with Gasteiger partial charge < -0.3 is 15.2 Å². The van der Waals surface area contributed by atoms with Crippen molar-refractivity contribution in [1.82, 2.24) is 4.57 Å². The van der Waals surface area contributed by atoms with E-state index < -0.39 is 0 Å². The van der Waals surface area contributed by atoms with E-state index in [1.54, 1.807) is 4.57 Å². The van der Waals surface area contributed by atoms with Gasteiger partial charge in [0.1, 0.15) is 5.82 Å². The predicted octanol–water partition coefficient (Wildman–Crippen LogP) is 0.999. The summed E-state index contributed by atoms with van der Waals surface area (Å²) in [7, 11) is 0. The van der Waals surface area contributed by atoms with Crippen LogP contribution in [0.2, 0.25) is 0 Å². The van der Waals surface area contributed by atoms with E-state index in [-0.39, 0.29) is 11.7 Å². The Morgan fingerprint density at radius 3 is 2.95 bits per heavy atom. The maximum atomic E-state index is 12.4. The van der Waals surface area contributed by atoms with Crippen molar-refractivity contribution in [2.24, 2.45) is 0 Å². The molecule has 0 saturated carbocycles. The Morgan fingerprint density at radius 2 is 2.16 bits per heavy atom. The number of rotatable bonds is 2. The topological polar surface area (TPSA) is 66.5 Å². The fourth-order valence-corrected chi connectivity index (χ4v) is 2.35. The fraction of sp³-hybridized carbons (Fsp3) is 0.357. The number of fused-ring (bicyclic) bond motifs is 1. The van der Waals surface area contributed by atoms with E-state index in [9.17, 15) is 4.79 Å². The van der Waals surface area contributed by atoms with Crippen LogP contribution in [0.25, 0.3) is 10.8 Å².